The van der Waals surface area contributed by atoms with Crippen molar-refractivity contribution in [3.05, 3.63) is 36.8 Å². The molecule has 0 radical (unpaired) electrons. The fraction of sp³-hybridized carbons (Fsp3) is 0.353. The number of carbonyl (C=O) groups excluding carboxylic acids is 1. The van der Waals surface area contributed by atoms with E-state index in [2.05, 4.69) is 9.97 Å². The molecule has 1 aromatic carbocycles. The van der Waals surface area contributed by atoms with Crippen LogP contribution in [-0.2, 0) is 16.1 Å². The van der Waals surface area contributed by atoms with Crippen LogP contribution in [0.2, 0.25) is 0 Å². The van der Waals surface area contributed by atoms with Gasteiger partial charge in [-0.1, -0.05) is 25.1 Å². The van der Waals surface area contributed by atoms with E-state index in [0.29, 0.717) is 13.0 Å². The van der Waals surface area contributed by atoms with Crippen molar-refractivity contribution in [3.8, 4) is 0 Å². The molecule has 0 unspecified atom stereocenters. The van der Waals surface area contributed by atoms with Crippen LogP contribution in [0.1, 0.15) is 27.2 Å². The van der Waals surface area contributed by atoms with Gasteiger partial charge >= 0.3 is 5.97 Å². The number of hydrogen-bond acceptors (Lipinski definition) is 4. The van der Waals surface area contributed by atoms with Gasteiger partial charge in [0.05, 0.1) is 30.1 Å². The summed E-state index contributed by atoms with van der Waals surface area (Å²) in [6.45, 7) is 6.17. The summed E-state index contributed by atoms with van der Waals surface area (Å²) in [5.41, 5.74) is 2.20. The summed E-state index contributed by atoms with van der Waals surface area (Å²) < 4.78 is 7.55. The molecule has 0 aliphatic heterocycles. The molecule has 5 nitrogen and oxygen atoms in total. The quantitative estimate of drug-likeness (QED) is 0.693. The van der Waals surface area contributed by atoms with Crippen LogP contribution < -0.4 is 0 Å². The standard InChI is InChI=1S/C17H19N3O2/c1-4-15(21)22-17(2,3)10-20-11-19-14-9-18-13-8-6-5-7-12(13)16(14)20/h5-9,11H,4,10H2,1-3H3. The minimum Gasteiger partial charge on any atom is -0.458 e. The van der Waals surface area contributed by atoms with Gasteiger partial charge in [0.25, 0.3) is 0 Å². The third kappa shape index (κ3) is 2.66. The van der Waals surface area contributed by atoms with Gasteiger partial charge in [-0.25, -0.2) is 4.98 Å². The van der Waals surface area contributed by atoms with Gasteiger partial charge < -0.3 is 9.30 Å². The third-order valence-corrected chi connectivity index (χ3v) is 3.58. The van der Waals surface area contributed by atoms with Crippen molar-refractivity contribution < 1.29 is 9.53 Å². The van der Waals surface area contributed by atoms with Crippen molar-refractivity contribution in [2.45, 2.75) is 39.3 Å². The van der Waals surface area contributed by atoms with E-state index in [1.165, 1.54) is 0 Å². The largest absolute Gasteiger partial charge is 0.458 e. The average Bonchev–Trinajstić information content (AvgIpc) is 2.89. The second-order valence-corrected chi connectivity index (χ2v) is 5.97. The molecule has 3 rings (SSSR count). The van der Waals surface area contributed by atoms with Crippen molar-refractivity contribution in [1.82, 2.24) is 14.5 Å². The molecule has 0 N–H and O–H groups in total. The van der Waals surface area contributed by atoms with E-state index < -0.39 is 5.60 Å². The number of hydrogen-bond donors (Lipinski definition) is 0. The van der Waals surface area contributed by atoms with E-state index in [4.69, 9.17) is 4.74 Å². The molecule has 2 heterocycles. The fourth-order valence-corrected chi connectivity index (χ4v) is 2.64. The predicted octanol–water partition coefficient (Wildman–Crippen LogP) is 3.32. The summed E-state index contributed by atoms with van der Waals surface area (Å²) in [6, 6.07) is 7.97. The van der Waals surface area contributed by atoms with Crippen molar-refractivity contribution in [3.63, 3.8) is 0 Å². The van der Waals surface area contributed by atoms with Crippen LogP contribution in [0.3, 0.4) is 0 Å². The summed E-state index contributed by atoms with van der Waals surface area (Å²) in [4.78, 5) is 20.4. The van der Waals surface area contributed by atoms with Crippen LogP contribution in [0.15, 0.2) is 36.8 Å². The summed E-state index contributed by atoms with van der Waals surface area (Å²) >= 11 is 0. The smallest absolute Gasteiger partial charge is 0.306 e. The van der Waals surface area contributed by atoms with Gasteiger partial charge in [0, 0.05) is 11.8 Å². The zero-order valence-electron chi connectivity index (χ0n) is 13.0. The molecule has 0 aliphatic rings. The Hall–Kier alpha value is -2.43. The zero-order chi connectivity index (χ0) is 15.7. The molecule has 2 aromatic heterocycles. The number of carbonyl (C=O) groups is 1. The number of esters is 1. The van der Waals surface area contributed by atoms with E-state index in [9.17, 15) is 4.79 Å². The summed E-state index contributed by atoms with van der Waals surface area (Å²) in [7, 11) is 0. The number of rotatable bonds is 4. The lowest BCUT2D eigenvalue weighted by Gasteiger charge is -2.25. The van der Waals surface area contributed by atoms with Crippen LogP contribution in [0.4, 0.5) is 0 Å². The molecule has 0 saturated carbocycles. The van der Waals surface area contributed by atoms with E-state index in [1.54, 1.807) is 19.4 Å². The predicted molar refractivity (Wildman–Crippen MR) is 85.5 cm³/mol. The molecule has 0 bridgehead atoms. The first-order valence-electron chi connectivity index (χ1n) is 7.40. The lowest BCUT2D eigenvalue weighted by molar-refractivity contribution is -0.157. The lowest BCUT2D eigenvalue weighted by Crippen LogP contribution is -2.32. The Morgan fingerprint density at radius 3 is 2.77 bits per heavy atom. The van der Waals surface area contributed by atoms with Gasteiger partial charge in [0.2, 0.25) is 0 Å². The minimum absolute atomic E-state index is 0.194. The molecule has 0 saturated heterocycles. The Kier molecular flexibility index (Phi) is 3.56. The molecule has 0 atom stereocenters. The van der Waals surface area contributed by atoms with Crippen molar-refractivity contribution >= 4 is 27.9 Å². The Labute approximate surface area is 128 Å². The third-order valence-electron chi connectivity index (χ3n) is 3.58. The topological polar surface area (TPSA) is 57.0 Å². The Morgan fingerprint density at radius 2 is 2.00 bits per heavy atom. The molecular formula is C17H19N3O2. The monoisotopic (exact) mass is 297 g/mol. The molecular weight excluding hydrogens is 278 g/mol. The van der Waals surface area contributed by atoms with Gasteiger partial charge in [-0.15, -0.1) is 0 Å². The highest BCUT2D eigenvalue weighted by Gasteiger charge is 2.24. The van der Waals surface area contributed by atoms with E-state index >= 15 is 0 Å². The number of fused-ring (bicyclic) bond motifs is 3. The number of aromatic nitrogens is 3. The fourth-order valence-electron chi connectivity index (χ4n) is 2.64. The normalized spacial score (nSPS) is 12.0. The molecule has 5 heteroatoms. The van der Waals surface area contributed by atoms with Crippen LogP contribution in [0, 0.1) is 0 Å². The molecule has 0 fully saturated rings. The second-order valence-electron chi connectivity index (χ2n) is 5.97. The Balaban J connectivity index is 2.04. The Morgan fingerprint density at radius 1 is 1.23 bits per heavy atom. The van der Waals surface area contributed by atoms with Crippen LogP contribution >= 0.6 is 0 Å². The van der Waals surface area contributed by atoms with Crippen LogP contribution in [0.5, 0.6) is 0 Å². The van der Waals surface area contributed by atoms with Crippen LogP contribution in [0.25, 0.3) is 21.9 Å². The van der Waals surface area contributed by atoms with E-state index in [0.717, 1.165) is 21.9 Å². The number of para-hydroxylation sites is 1. The lowest BCUT2D eigenvalue weighted by atomic mass is 10.1. The first-order chi connectivity index (χ1) is 10.5. The number of nitrogens with zero attached hydrogens (tertiary/aromatic N) is 3. The van der Waals surface area contributed by atoms with Crippen molar-refractivity contribution in [2.24, 2.45) is 0 Å². The number of pyridine rings is 1. The highest BCUT2D eigenvalue weighted by Crippen LogP contribution is 2.25. The summed E-state index contributed by atoms with van der Waals surface area (Å²) in [6.07, 6.45) is 3.93. The maximum absolute atomic E-state index is 11.6. The Bertz CT molecular complexity index is 836. The maximum Gasteiger partial charge on any atom is 0.306 e. The second kappa shape index (κ2) is 5.40. The molecule has 0 amide bonds. The molecule has 0 spiro atoms. The van der Waals surface area contributed by atoms with Crippen molar-refractivity contribution in [1.29, 1.82) is 0 Å². The van der Waals surface area contributed by atoms with Gasteiger partial charge in [-0.05, 0) is 19.9 Å². The first-order valence-corrected chi connectivity index (χ1v) is 7.40. The SMILES string of the molecule is CCC(=O)OC(C)(C)Cn1cnc2cnc3ccccc3c21. The molecule has 0 aliphatic carbocycles. The minimum atomic E-state index is -0.592. The number of ether oxygens (including phenoxy) is 1. The van der Waals surface area contributed by atoms with E-state index in [-0.39, 0.29) is 5.97 Å². The summed E-state index contributed by atoms with van der Waals surface area (Å²) in [5.74, 6) is -0.194. The summed E-state index contributed by atoms with van der Waals surface area (Å²) in [5, 5.41) is 1.05. The first kappa shape index (κ1) is 14.5. The van der Waals surface area contributed by atoms with Crippen LogP contribution in [-0.4, -0.2) is 26.1 Å². The van der Waals surface area contributed by atoms with Gasteiger partial charge in [0.15, 0.2) is 0 Å². The highest BCUT2D eigenvalue weighted by atomic mass is 16.6. The highest BCUT2D eigenvalue weighted by molar-refractivity contribution is 6.01. The number of imidazole rings is 1. The van der Waals surface area contributed by atoms with Gasteiger partial charge in [-0.3, -0.25) is 9.78 Å². The average molecular weight is 297 g/mol. The molecule has 22 heavy (non-hydrogen) atoms. The number of benzene rings is 1. The molecule has 3 aromatic rings. The van der Waals surface area contributed by atoms with Gasteiger partial charge in [0.1, 0.15) is 11.1 Å². The van der Waals surface area contributed by atoms with Crippen molar-refractivity contribution in [2.75, 3.05) is 0 Å². The van der Waals surface area contributed by atoms with E-state index in [1.807, 2.05) is 42.7 Å². The molecule has 114 valence electrons. The zero-order valence-corrected chi connectivity index (χ0v) is 13.0. The maximum atomic E-state index is 11.6. The van der Waals surface area contributed by atoms with Gasteiger partial charge in [-0.2, -0.15) is 0 Å².